The lowest BCUT2D eigenvalue weighted by atomic mass is 10.1. The molecule has 0 amide bonds. The summed E-state index contributed by atoms with van der Waals surface area (Å²) >= 11 is 0. The second-order valence-electron chi connectivity index (χ2n) is 4.84. The van der Waals surface area contributed by atoms with Gasteiger partial charge in [-0.3, -0.25) is 0 Å². The molecule has 6 nitrogen and oxygen atoms in total. The van der Waals surface area contributed by atoms with E-state index < -0.39 is 15.8 Å². The Morgan fingerprint density at radius 1 is 1.43 bits per heavy atom. The predicted octanol–water partition coefficient (Wildman–Crippen LogP) is 0.287. The van der Waals surface area contributed by atoms with Crippen LogP contribution in [0.2, 0.25) is 0 Å². The van der Waals surface area contributed by atoms with Crippen LogP contribution in [-0.2, 0) is 26.0 Å². The third-order valence-corrected chi connectivity index (χ3v) is 4.62. The molecule has 1 unspecified atom stereocenters. The molecular formula is C13H19FN2O4S. The average Bonchev–Trinajstić information content (AvgIpc) is 2.49. The topological polar surface area (TPSA) is 90.7 Å². The van der Waals surface area contributed by atoms with Crippen LogP contribution >= 0.6 is 0 Å². The van der Waals surface area contributed by atoms with E-state index in [9.17, 15) is 12.8 Å². The summed E-state index contributed by atoms with van der Waals surface area (Å²) in [5.74, 6) is -0.472. The smallest absolute Gasteiger partial charge is 0.240 e. The molecule has 1 aromatic carbocycles. The maximum absolute atomic E-state index is 13.7. The molecular weight excluding hydrogens is 299 g/mol. The van der Waals surface area contributed by atoms with Gasteiger partial charge in [0, 0.05) is 18.7 Å². The molecule has 1 atom stereocenters. The van der Waals surface area contributed by atoms with Crippen molar-refractivity contribution in [2.45, 2.75) is 24.5 Å². The lowest BCUT2D eigenvalue weighted by Crippen LogP contribution is -2.39. The minimum atomic E-state index is -3.74. The van der Waals surface area contributed by atoms with E-state index in [4.69, 9.17) is 15.2 Å². The van der Waals surface area contributed by atoms with Crippen molar-refractivity contribution in [2.75, 3.05) is 26.4 Å². The molecule has 0 bridgehead atoms. The number of sulfonamides is 1. The summed E-state index contributed by atoms with van der Waals surface area (Å²) in [5.41, 5.74) is 5.85. The molecule has 0 radical (unpaired) electrons. The number of nitrogens with one attached hydrogen (secondary N) is 1. The zero-order chi connectivity index (χ0) is 15.5. The van der Waals surface area contributed by atoms with Gasteiger partial charge in [0.15, 0.2) is 0 Å². The Morgan fingerprint density at radius 3 is 2.81 bits per heavy atom. The van der Waals surface area contributed by atoms with Gasteiger partial charge in [-0.1, -0.05) is 0 Å². The average molecular weight is 318 g/mol. The van der Waals surface area contributed by atoms with Crippen molar-refractivity contribution in [1.29, 1.82) is 0 Å². The number of hydrogen-bond acceptors (Lipinski definition) is 5. The largest absolute Gasteiger partial charge is 0.376 e. The molecule has 1 heterocycles. The van der Waals surface area contributed by atoms with Crippen molar-refractivity contribution in [3.05, 3.63) is 29.1 Å². The van der Waals surface area contributed by atoms with Crippen LogP contribution in [0, 0.1) is 12.7 Å². The lowest BCUT2D eigenvalue weighted by Gasteiger charge is -2.23. The van der Waals surface area contributed by atoms with Gasteiger partial charge >= 0.3 is 0 Å². The molecule has 1 aliphatic heterocycles. The van der Waals surface area contributed by atoms with Crippen LogP contribution in [0.4, 0.5) is 4.39 Å². The van der Waals surface area contributed by atoms with Gasteiger partial charge in [0.05, 0.1) is 30.8 Å². The van der Waals surface area contributed by atoms with Gasteiger partial charge in [-0.15, -0.1) is 0 Å². The van der Waals surface area contributed by atoms with Crippen molar-refractivity contribution >= 4 is 10.0 Å². The quantitative estimate of drug-likeness (QED) is 0.814. The fraction of sp³-hybridized carbons (Fsp3) is 0.538. The summed E-state index contributed by atoms with van der Waals surface area (Å²) in [6, 6.07) is 2.54. The van der Waals surface area contributed by atoms with Gasteiger partial charge in [-0.25, -0.2) is 17.5 Å². The zero-order valence-electron chi connectivity index (χ0n) is 11.8. The number of hydrogen-bond donors (Lipinski definition) is 2. The number of ether oxygens (including phenoxy) is 2. The van der Waals surface area contributed by atoms with E-state index in [2.05, 4.69) is 4.72 Å². The summed E-state index contributed by atoms with van der Waals surface area (Å²) in [6.07, 6.45) is -0.316. The van der Waals surface area contributed by atoms with E-state index in [1.54, 1.807) is 0 Å². The lowest BCUT2D eigenvalue weighted by molar-refractivity contribution is -0.0846. The summed E-state index contributed by atoms with van der Waals surface area (Å²) in [7, 11) is -3.74. The van der Waals surface area contributed by atoms with Crippen molar-refractivity contribution in [3.8, 4) is 0 Å². The Labute approximate surface area is 123 Å². The van der Waals surface area contributed by atoms with Crippen LogP contribution in [0.5, 0.6) is 0 Å². The first-order chi connectivity index (χ1) is 9.94. The van der Waals surface area contributed by atoms with Crippen molar-refractivity contribution in [3.63, 3.8) is 0 Å². The normalized spacial score (nSPS) is 19.7. The fourth-order valence-corrected chi connectivity index (χ4v) is 3.25. The molecule has 1 aliphatic rings. The van der Waals surface area contributed by atoms with Crippen LogP contribution in [0.3, 0.4) is 0 Å². The van der Waals surface area contributed by atoms with E-state index in [1.165, 1.54) is 19.1 Å². The van der Waals surface area contributed by atoms with Gasteiger partial charge in [0.1, 0.15) is 5.82 Å². The molecule has 21 heavy (non-hydrogen) atoms. The number of aryl methyl sites for hydroxylation is 1. The van der Waals surface area contributed by atoms with Crippen molar-refractivity contribution < 1.29 is 22.3 Å². The Kier molecular flexibility index (Phi) is 5.28. The van der Waals surface area contributed by atoms with E-state index in [0.29, 0.717) is 19.8 Å². The van der Waals surface area contributed by atoms with E-state index >= 15 is 0 Å². The third-order valence-electron chi connectivity index (χ3n) is 3.22. The Bertz CT molecular complexity index is 600. The van der Waals surface area contributed by atoms with E-state index in [1.807, 2.05) is 0 Å². The molecule has 8 heteroatoms. The second kappa shape index (κ2) is 6.80. The van der Waals surface area contributed by atoms with Gasteiger partial charge in [-0.2, -0.15) is 0 Å². The minimum Gasteiger partial charge on any atom is -0.376 e. The highest BCUT2D eigenvalue weighted by molar-refractivity contribution is 7.89. The van der Waals surface area contributed by atoms with Crippen LogP contribution in [0.25, 0.3) is 0 Å². The van der Waals surface area contributed by atoms with Gasteiger partial charge in [-0.05, 0) is 24.6 Å². The van der Waals surface area contributed by atoms with Crippen molar-refractivity contribution in [2.24, 2.45) is 5.73 Å². The molecule has 1 fully saturated rings. The molecule has 2 rings (SSSR count). The van der Waals surface area contributed by atoms with E-state index in [-0.39, 0.29) is 35.2 Å². The summed E-state index contributed by atoms with van der Waals surface area (Å²) in [4.78, 5) is -0.00132. The zero-order valence-corrected chi connectivity index (χ0v) is 12.6. The predicted molar refractivity (Wildman–Crippen MR) is 74.8 cm³/mol. The molecule has 1 aromatic rings. The van der Waals surface area contributed by atoms with E-state index in [0.717, 1.165) is 0 Å². The highest BCUT2D eigenvalue weighted by Gasteiger charge is 2.21. The fourth-order valence-electron chi connectivity index (χ4n) is 2.05. The van der Waals surface area contributed by atoms with Crippen LogP contribution < -0.4 is 10.5 Å². The number of rotatable bonds is 5. The standard InChI is InChI=1S/C13H19FN2O4S/c1-9-4-12(5-10(6-15)13(9)14)21(17,18)16-7-11-8-19-2-3-20-11/h4-5,11,16H,2-3,6-8,15H2,1H3. The van der Waals surface area contributed by atoms with Crippen LogP contribution in [-0.4, -0.2) is 40.9 Å². The molecule has 0 saturated carbocycles. The van der Waals surface area contributed by atoms with Crippen LogP contribution in [0.15, 0.2) is 17.0 Å². The van der Waals surface area contributed by atoms with Crippen LogP contribution in [0.1, 0.15) is 11.1 Å². The summed E-state index contributed by atoms with van der Waals surface area (Å²) < 4.78 is 51.2. The number of nitrogens with two attached hydrogens (primary N) is 1. The second-order valence-corrected chi connectivity index (χ2v) is 6.60. The van der Waals surface area contributed by atoms with Gasteiger partial charge < -0.3 is 15.2 Å². The molecule has 0 aromatic heterocycles. The molecule has 3 N–H and O–H groups in total. The maximum atomic E-state index is 13.7. The first-order valence-corrected chi connectivity index (χ1v) is 8.10. The van der Waals surface area contributed by atoms with Gasteiger partial charge in [0.25, 0.3) is 0 Å². The highest BCUT2D eigenvalue weighted by Crippen LogP contribution is 2.19. The Hall–Kier alpha value is -1.06. The number of halogens is 1. The number of benzene rings is 1. The Balaban J connectivity index is 2.13. The molecule has 0 aliphatic carbocycles. The summed E-state index contributed by atoms with van der Waals surface area (Å²) in [6.45, 7) is 2.86. The molecule has 118 valence electrons. The summed E-state index contributed by atoms with van der Waals surface area (Å²) in [5, 5.41) is 0. The van der Waals surface area contributed by atoms with Crippen molar-refractivity contribution in [1.82, 2.24) is 4.72 Å². The monoisotopic (exact) mass is 318 g/mol. The third kappa shape index (κ3) is 3.98. The highest BCUT2D eigenvalue weighted by atomic mass is 32.2. The van der Waals surface area contributed by atoms with Gasteiger partial charge in [0.2, 0.25) is 10.0 Å². The first-order valence-electron chi connectivity index (χ1n) is 6.62. The Morgan fingerprint density at radius 2 is 2.19 bits per heavy atom. The maximum Gasteiger partial charge on any atom is 0.240 e. The SMILES string of the molecule is Cc1cc(S(=O)(=O)NCC2COCCO2)cc(CN)c1F. The minimum absolute atomic E-state index is 0.00132. The molecule has 1 saturated heterocycles. The first kappa shape index (κ1) is 16.3. The molecule has 0 spiro atoms.